The van der Waals surface area contributed by atoms with E-state index >= 15 is 0 Å². The van der Waals surface area contributed by atoms with E-state index in [1.54, 1.807) is 54.9 Å². The minimum absolute atomic E-state index is 0.0409. The Morgan fingerprint density at radius 1 is 1.06 bits per heavy atom. The summed E-state index contributed by atoms with van der Waals surface area (Å²) in [7, 11) is 0. The van der Waals surface area contributed by atoms with Crippen molar-refractivity contribution in [1.82, 2.24) is 4.98 Å². The number of nitrogens with zero attached hydrogens (tertiary/aromatic N) is 2. The largest absolute Gasteiger partial charge is 0.503 e. The van der Waals surface area contributed by atoms with E-state index in [1.807, 2.05) is 0 Å². The molecule has 4 rings (SSSR count). The lowest BCUT2D eigenvalue weighted by Gasteiger charge is -2.36. The average Bonchev–Trinajstić information content (AvgIpc) is 2.87. The first kappa shape index (κ1) is 26.1. The first-order valence-corrected chi connectivity index (χ1v) is 11.8. The minimum Gasteiger partial charge on any atom is -0.503 e. The Balaban J connectivity index is 1.34. The summed E-state index contributed by atoms with van der Waals surface area (Å²) in [5.41, 5.74) is 0.640. The fourth-order valence-electron chi connectivity index (χ4n) is 3.88. The van der Waals surface area contributed by atoms with Gasteiger partial charge in [-0.05, 0) is 43.2 Å². The molecule has 0 amide bonds. The molecule has 0 spiro atoms. The first-order chi connectivity index (χ1) is 17.4. The van der Waals surface area contributed by atoms with Crippen molar-refractivity contribution in [3.63, 3.8) is 0 Å². The molecule has 10 nitrogen and oxygen atoms in total. The third kappa shape index (κ3) is 6.04. The number of aliphatic hydroxyl groups excluding tert-OH is 4. The van der Waals surface area contributed by atoms with E-state index in [0.29, 0.717) is 47.4 Å². The zero-order valence-electron chi connectivity index (χ0n) is 19.2. The Labute approximate surface area is 212 Å². The molecule has 1 aromatic carbocycles. The molecule has 1 unspecified atom stereocenters. The minimum atomic E-state index is -1.51. The second kappa shape index (κ2) is 11.8. The van der Waals surface area contributed by atoms with Crippen LogP contribution >= 0.6 is 11.6 Å². The van der Waals surface area contributed by atoms with E-state index < -0.39 is 37.3 Å². The van der Waals surface area contributed by atoms with Gasteiger partial charge in [0.15, 0.2) is 23.8 Å². The van der Waals surface area contributed by atoms with Crippen LogP contribution < -0.4 is 14.0 Å². The van der Waals surface area contributed by atoms with Crippen LogP contribution in [0.25, 0.3) is 0 Å². The Kier molecular flexibility index (Phi) is 8.57. The van der Waals surface area contributed by atoms with Gasteiger partial charge >= 0.3 is 0 Å². The Morgan fingerprint density at radius 3 is 2.64 bits per heavy atom. The summed E-state index contributed by atoms with van der Waals surface area (Å²) in [6, 6.07) is 12.1. The van der Waals surface area contributed by atoms with Gasteiger partial charge in [0.25, 0.3) is 12.1 Å². The zero-order chi connectivity index (χ0) is 25.7. The number of aromatic nitrogens is 2. The highest BCUT2D eigenvalue weighted by molar-refractivity contribution is 6.30. The van der Waals surface area contributed by atoms with Crippen molar-refractivity contribution in [2.45, 2.75) is 43.5 Å². The molecule has 1 aliphatic heterocycles. The predicted octanol–water partition coefficient (Wildman–Crippen LogP) is 1.50. The van der Waals surface area contributed by atoms with Crippen LogP contribution in [-0.2, 0) is 11.2 Å². The fraction of sp³-hybridized carbons (Fsp3) is 0.360. The smallest absolute Gasteiger partial charge is 0.292 e. The van der Waals surface area contributed by atoms with E-state index in [0.717, 1.165) is 0 Å². The second-order valence-electron chi connectivity index (χ2n) is 8.34. The molecule has 3 heterocycles. The van der Waals surface area contributed by atoms with Crippen LogP contribution in [0.5, 0.6) is 23.1 Å². The van der Waals surface area contributed by atoms with Crippen molar-refractivity contribution in [3.8, 4) is 23.1 Å². The van der Waals surface area contributed by atoms with E-state index in [1.165, 1.54) is 10.8 Å². The summed E-state index contributed by atoms with van der Waals surface area (Å²) in [5.74, 6) is 1.27. The predicted molar refractivity (Wildman–Crippen MR) is 127 cm³/mol. The van der Waals surface area contributed by atoms with Gasteiger partial charge < -0.3 is 39.7 Å². The lowest BCUT2D eigenvalue weighted by molar-refractivity contribution is -0.778. The number of ether oxygens (including phenoxy) is 3. The molecule has 192 valence electrons. The highest BCUT2D eigenvalue weighted by Gasteiger charge is 2.48. The number of rotatable bonds is 9. The molecule has 0 bridgehead atoms. The molecule has 5 N–H and O–H groups in total. The van der Waals surface area contributed by atoms with Gasteiger partial charge in [-0.15, -0.1) is 0 Å². The number of hydrogen-bond acceptors (Lipinski definition) is 9. The van der Waals surface area contributed by atoms with Crippen molar-refractivity contribution in [1.29, 1.82) is 0 Å². The molecular weight excluding hydrogens is 492 g/mol. The molecule has 11 heteroatoms. The van der Waals surface area contributed by atoms with Crippen molar-refractivity contribution >= 4 is 11.6 Å². The van der Waals surface area contributed by atoms with Crippen LogP contribution in [0.15, 0.2) is 61.1 Å². The van der Waals surface area contributed by atoms with Gasteiger partial charge in [-0.2, -0.15) is 4.57 Å². The molecule has 0 aliphatic carbocycles. The average molecular weight is 520 g/mol. The van der Waals surface area contributed by atoms with Crippen LogP contribution in [0.1, 0.15) is 18.2 Å². The summed E-state index contributed by atoms with van der Waals surface area (Å²) >= 11 is 6.01. The van der Waals surface area contributed by atoms with E-state index in [4.69, 9.17) is 25.8 Å². The van der Waals surface area contributed by atoms with Gasteiger partial charge in [-0.3, -0.25) is 0 Å². The van der Waals surface area contributed by atoms with Gasteiger partial charge in [0.2, 0.25) is 6.20 Å². The summed E-state index contributed by atoms with van der Waals surface area (Å²) in [6.45, 7) is -0.201. The maximum atomic E-state index is 10.5. The number of benzene rings is 1. The van der Waals surface area contributed by atoms with E-state index in [9.17, 15) is 25.5 Å². The maximum Gasteiger partial charge on any atom is 0.292 e. The lowest BCUT2D eigenvalue weighted by Crippen LogP contribution is -2.62. The molecule has 2 aromatic heterocycles. The molecule has 1 aliphatic rings. The zero-order valence-corrected chi connectivity index (χ0v) is 20.0. The second-order valence-corrected chi connectivity index (χ2v) is 8.78. The van der Waals surface area contributed by atoms with E-state index in [2.05, 4.69) is 4.98 Å². The number of aromatic hydroxyl groups is 1. The lowest BCUT2D eigenvalue weighted by atomic mass is 9.98. The number of pyridine rings is 2. The summed E-state index contributed by atoms with van der Waals surface area (Å²) in [6.07, 6.45) is -0.934. The molecule has 0 radical (unpaired) electrons. The monoisotopic (exact) mass is 519 g/mol. The molecule has 36 heavy (non-hydrogen) atoms. The van der Waals surface area contributed by atoms with Gasteiger partial charge in [-0.1, -0.05) is 17.7 Å². The summed E-state index contributed by atoms with van der Waals surface area (Å²) in [5, 5.41) is 50.6. The van der Waals surface area contributed by atoms with Gasteiger partial charge in [0.05, 0.1) is 13.2 Å². The Bertz CT molecular complexity index is 1160. The van der Waals surface area contributed by atoms with Crippen molar-refractivity contribution in [3.05, 3.63) is 71.6 Å². The standard InChI is InChI=1S/C25H27ClN2O8/c26-16-5-1-6-17(12-16)35-24-19(7-2-9-27-24)34-11-3-4-15-8-10-28(13-18(15)30)25-23(33)22(32)21(31)20(14-29)36-25/h1-2,5-10,12-13,20-23,25,29,31-33H,3-4,11,14H2/p+1/t20-,21-,22+,23-,25?/m0/s1. The fourth-order valence-corrected chi connectivity index (χ4v) is 4.06. The molecule has 3 aromatic rings. The highest BCUT2D eigenvalue weighted by atomic mass is 35.5. The quantitative estimate of drug-likeness (QED) is 0.210. The van der Waals surface area contributed by atoms with Crippen molar-refractivity contribution < 1.29 is 44.3 Å². The highest BCUT2D eigenvalue weighted by Crippen LogP contribution is 2.30. The molecule has 5 atom stereocenters. The van der Waals surface area contributed by atoms with Crippen LogP contribution in [-0.4, -0.2) is 68.1 Å². The van der Waals surface area contributed by atoms with Gasteiger partial charge in [-0.25, -0.2) is 4.98 Å². The van der Waals surface area contributed by atoms with Crippen molar-refractivity contribution in [2.75, 3.05) is 13.2 Å². The number of halogens is 1. The topological polar surface area (TPSA) is 146 Å². The Morgan fingerprint density at radius 2 is 1.89 bits per heavy atom. The third-order valence-corrected chi connectivity index (χ3v) is 6.04. The molecule has 1 fully saturated rings. The summed E-state index contributed by atoms with van der Waals surface area (Å²) < 4.78 is 18.5. The first-order valence-electron chi connectivity index (χ1n) is 11.4. The Hall–Kier alpha value is -2.99. The summed E-state index contributed by atoms with van der Waals surface area (Å²) in [4.78, 5) is 4.22. The van der Waals surface area contributed by atoms with Crippen molar-refractivity contribution in [2.24, 2.45) is 0 Å². The van der Waals surface area contributed by atoms with E-state index in [-0.39, 0.29) is 5.75 Å². The molecule has 0 saturated carbocycles. The van der Waals surface area contributed by atoms with Crippen LogP contribution in [0.3, 0.4) is 0 Å². The van der Waals surface area contributed by atoms with Crippen LogP contribution in [0.2, 0.25) is 5.02 Å². The van der Waals surface area contributed by atoms with Gasteiger partial charge in [0.1, 0.15) is 24.1 Å². The normalized spacial score (nSPS) is 23.9. The third-order valence-electron chi connectivity index (χ3n) is 5.80. The number of aliphatic hydroxyl groups is 4. The molecular formula is C25H28ClN2O8+. The molecule has 1 saturated heterocycles. The SMILES string of the molecule is OC[C@@H]1OC([n+]2ccc(CCCOc3cccnc3Oc3cccc(Cl)c3)c(O)c2)[C@@H](O)[C@H](O)[C@H]1O. The number of hydrogen-bond donors (Lipinski definition) is 5. The van der Waals surface area contributed by atoms with Crippen LogP contribution in [0, 0.1) is 0 Å². The van der Waals surface area contributed by atoms with Gasteiger partial charge in [0, 0.05) is 22.8 Å². The number of aryl methyl sites for hydroxylation is 1. The maximum absolute atomic E-state index is 10.5. The van der Waals surface area contributed by atoms with Crippen LogP contribution in [0.4, 0.5) is 0 Å².